The van der Waals surface area contributed by atoms with E-state index in [4.69, 9.17) is 21.1 Å². The highest BCUT2D eigenvalue weighted by atomic mass is 35.5. The summed E-state index contributed by atoms with van der Waals surface area (Å²) in [5.41, 5.74) is 0.449. The second-order valence-electron chi connectivity index (χ2n) is 5.05. The zero-order chi connectivity index (χ0) is 15.8. The minimum absolute atomic E-state index is 0. The van der Waals surface area contributed by atoms with E-state index in [2.05, 4.69) is 10.6 Å². The first-order valence-corrected chi connectivity index (χ1v) is 7.30. The minimum Gasteiger partial charge on any atom is -0.493 e. The van der Waals surface area contributed by atoms with Crippen LogP contribution in [0.25, 0.3) is 0 Å². The third kappa shape index (κ3) is 6.30. The molecule has 0 radical (unpaired) electrons. The molecule has 5 nitrogen and oxygen atoms in total. The molecule has 0 saturated heterocycles. The number of halogens is 2. The fourth-order valence-corrected chi connectivity index (χ4v) is 1.91. The summed E-state index contributed by atoms with van der Waals surface area (Å²) in [5, 5.41) is 6.12. The number of carbonyl (C=O) groups excluding carboxylic acids is 1. The molecule has 0 aliphatic rings. The summed E-state index contributed by atoms with van der Waals surface area (Å²) in [7, 11) is 3.35. The highest BCUT2D eigenvalue weighted by Gasteiger charge is 2.16. The molecule has 1 aromatic carbocycles. The van der Waals surface area contributed by atoms with E-state index < -0.39 is 0 Å². The lowest BCUT2D eigenvalue weighted by molar-refractivity contribution is 0.0953. The van der Waals surface area contributed by atoms with E-state index in [0.717, 1.165) is 0 Å². The third-order valence-electron chi connectivity index (χ3n) is 2.71. The normalized spacial score (nSPS) is 10.1. The van der Waals surface area contributed by atoms with Crippen LogP contribution in [0, 0.1) is 5.92 Å². The van der Waals surface area contributed by atoms with Crippen molar-refractivity contribution >= 4 is 29.9 Å². The van der Waals surface area contributed by atoms with Gasteiger partial charge in [0, 0.05) is 18.7 Å². The summed E-state index contributed by atoms with van der Waals surface area (Å²) in [6.07, 6.45) is 0. The molecule has 0 aliphatic carbocycles. The Morgan fingerprint density at radius 2 is 2.00 bits per heavy atom. The monoisotopic (exact) mass is 350 g/mol. The number of hydrogen-bond acceptors (Lipinski definition) is 4. The number of hydrogen-bond donors (Lipinski definition) is 2. The Morgan fingerprint density at radius 1 is 1.32 bits per heavy atom. The van der Waals surface area contributed by atoms with Crippen molar-refractivity contribution < 1.29 is 14.3 Å². The summed E-state index contributed by atoms with van der Waals surface area (Å²) in [4.78, 5) is 12.0. The number of methoxy groups -OCH3 is 1. The van der Waals surface area contributed by atoms with E-state index in [-0.39, 0.29) is 18.3 Å². The van der Waals surface area contributed by atoms with Crippen LogP contribution in [-0.4, -0.2) is 39.8 Å². The Balaban J connectivity index is 0.00000441. The highest BCUT2D eigenvalue weighted by Crippen LogP contribution is 2.36. The maximum Gasteiger partial charge on any atom is 0.251 e. The van der Waals surface area contributed by atoms with Gasteiger partial charge in [-0.25, -0.2) is 0 Å². The van der Waals surface area contributed by atoms with Crippen molar-refractivity contribution in [2.75, 3.05) is 33.9 Å². The van der Waals surface area contributed by atoms with Crippen molar-refractivity contribution in [2.45, 2.75) is 13.8 Å². The van der Waals surface area contributed by atoms with Crippen molar-refractivity contribution in [3.05, 3.63) is 22.7 Å². The van der Waals surface area contributed by atoms with E-state index in [1.54, 1.807) is 12.1 Å². The first-order valence-electron chi connectivity index (χ1n) is 6.92. The maximum absolute atomic E-state index is 12.0. The van der Waals surface area contributed by atoms with Crippen LogP contribution in [0.15, 0.2) is 12.1 Å². The van der Waals surface area contributed by atoms with Gasteiger partial charge in [-0.05, 0) is 25.1 Å². The molecule has 1 amide bonds. The molecule has 0 heterocycles. The molecule has 0 spiro atoms. The Bertz CT molecular complexity index is 482. The van der Waals surface area contributed by atoms with E-state index in [0.29, 0.717) is 47.7 Å². The van der Waals surface area contributed by atoms with Crippen LogP contribution in [-0.2, 0) is 0 Å². The van der Waals surface area contributed by atoms with Crippen molar-refractivity contribution in [3.63, 3.8) is 0 Å². The molecule has 0 aromatic heterocycles. The molecular weight excluding hydrogens is 327 g/mol. The van der Waals surface area contributed by atoms with Crippen molar-refractivity contribution in [1.82, 2.24) is 10.6 Å². The minimum atomic E-state index is -0.194. The van der Waals surface area contributed by atoms with Gasteiger partial charge in [-0.2, -0.15) is 0 Å². The Labute approximate surface area is 143 Å². The van der Waals surface area contributed by atoms with Crippen molar-refractivity contribution in [1.29, 1.82) is 0 Å². The predicted molar refractivity (Wildman–Crippen MR) is 91.8 cm³/mol. The molecule has 2 N–H and O–H groups in total. The van der Waals surface area contributed by atoms with E-state index in [1.807, 2.05) is 20.9 Å². The predicted octanol–water partition coefficient (Wildman–Crippen LogP) is 2.75. The third-order valence-corrected chi connectivity index (χ3v) is 2.99. The summed E-state index contributed by atoms with van der Waals surface area (Å²) in [6, 6.07) is 3.23. The number of nitrogens with one attached hydrogen (secondary N) is 2. The van der Waals surface area contributed by atoms with Gasteiger partial charge in [0.15, 0.2) is 11.5 Å². The van der Waals surface area contributed by atoms with Crippen molar-refractivity contribution in [2.24, 2.45) is 5.92 Å². The molecule has 126 valence electrons. The van der Waals surface area contributed by atoms with Gasteiger partial charge in [0.05, 0.1) is 18.7 Å². The molecule has 0 atom stereocenters. The molecule has 1 rings (SSSR count). The van der Waals surface area contributed by atoms with Gasteiger partial charge in [-0.15, -0.1) is 12.4 Å². The molecule has 0 aliphatic heterocycles. The molecule has 1 aromatic rings. The molecule has 0 saturated carbocycles. The lowest BCUT2D eigenvalue weighted by atomic mass is 10.2. The van der Waals surface area contributed by atoms with E-state index in [1.165, 1.54) is 7.11 Å². The second kappa shape index (κ2) is 10.5. The van der Waals surface area contributed by atoms with Gasteiger partial charge in [-0.1, -0.05) is 25.4 Å². The van der Waals surface area contributed by atoms with Crippen LogP contribution in [0.2, 0.25) is 5.02 Å². The molecule has 0 fully saturated rings. The first-order chi connectivity index (χ1) is 9.99. The Morgan fingerprint density at radius 3 is 2.55 bits per heavy atom. The molecule has 7 heteroatoms. The standard InChI is InChI=1S/C15H23ClN2O3.ClH/c1-10(2)9-21-14-12(16)7-11(8-13(14)20-4)15(19)18-6-5-17-3;/h7-8,10,17H,5-6,9H2,1-4H3,(H,18,19);1H. The number of likely N-dealkylation sites (N-methyl/N-ethyl adjacent to an activating group) is 1. The maximum atomic E-state index is 12.0. The van der Waals surface area contributed by atoms with Crippen LogP contribution in [0.3, 0.4) is 0 Å². The van der Waals surface area contributed by atoms with Gasteiger partial charge in [0.25, 0.3) is 5.91 Å². The van der Waals surface area contributed by atoms with Gasteiger partial charge in [0.2, 0.25) is 0 Å². The van der Waals surface area contributed by atoms with Gasteiger partial charge >= 0.3 is 0 Å². The van der Waals surface area contributed by atoms with Crippen LogP contribution in [0.4, 0.5) is 0 Å². The summed E-state index contributed by atoms with van der Waals surface area (Å²) < 4.78 is 10.9. The van der Waals surface area contributed by atoms with Gasteiger partial charge in [-0.3, -0.25) is 4.79 Å². The quantitative estimate of drug-likeness (QED) is 0.707. The number of benzene rings is 1. The van der Waals surface area contributed by atoms with E-state index in [9.17, 15) is 4.79 Å². The van der Waals surface area contributed by atoms with Crippen LogP contribution >= 0.6 is 24.0 Å². The summed E-state index contributed by atoms with van der Waals surface area (Å²) in [5.74, 6) is 1.11. The number of amides is 1. The Hall–Kier alpha value is -1.17. The largest absolute Gasteiger partial charge is 0.493 e. The Kier molecular flexibility index (Phi) is 9.98. The molecule has 0 bridgehead atoms. The average molecular weight is 351 g/mol. The fraction of sp³-hybridized carbons (Fsp3) is 0.533. The van der Waals surface area contributed by atoms with Crippen LogP contribution < -0.4 is 20.1 Å². The second-order valence-corrected chi connectivity index (χ2v) is 5.46. The first kappa shape index (κ1) is 20.8. The molecule has 22 heavy (non-hydrogen) atoms. The lowest BCUT2D eigenvalue weighted by Crippen LogP contribution is -2.30. The zero-order valence-corrected chi connectivity index (χ0v) is 14.9. The topological polar surface area (TPSA) is 59.6 Å². The van der Waals surface area contributed by atoms with Crippen molar-refractivity contribution in [3.8, 4) is 11.5 Å². The summed E-state index contributed by atoms with van der Waals surface area (Å²) >= 11 is 6.20. The molecule has 0 unspecified atom stereocenters. The van der Waals surface area contributed by atoms with Gasteiger partial charge < -0.3 is 20.1 Å². The number of carbonyl (C=O) groups is 1. The fourth-order valence-electron chi connectivity index (χ4n) is 1.64. The van der Waals surface area contributed by atoms with E-state index >= 15 is 0 Å². The van der Waals surface area contributed by atoms with Gasteiger partial charge in [0.1, 0.15) is 0 Å². The molecular formula is C15H24Cl2N2O3. The van der Waals surface area contributed by atoms with Crippen LogP contribution in [0.1, 0.15) is 24.2 Å². The number of rotatable bonds is 8. The lowest BCUT2D eigenvalue weighted by Gasteiger charge is -2.15. The smallest absolute Gasteiger partial charge is 0.251 e. The zero-order valence-electron chi connectivity index (χ0n) is 13.4. The highest BCUT2D eigenvalue weighted by molar-refractivity contribution is 6.32. The SMILES string of the molecule is CNCCNC(=O)c1cc(Cl)c(OCC(C)C)c(OC)c1.Cl. The number of ether oxygens (including phenoxy) is 2. The average Bonchev–Trinajstić information content (AvgIpc) is 2.45. The van der Waals surface area contributed by atoms with Crippen LogP contribution in [0.5, 0.6) is 11.5 Å². The summed E-state index contributed by atoms with van der Waals surface area (Å²) in [6.45, 7) is 5.87.